The summed E-state index contributed by atoms with van der Waals surface area (Å²) in [6.07, 6.45) is -3.68. The van der Waals surface area contributed by atoms with Crippen LogP contribution in [0.15, 0.2) is 24.3 Å². The number of carbonyl (C=O) groups is 1. The number of nitrogens with one attached hydrogen (secondary N) is 1. The first-order valence-electron chi connectivity index (χ1n) is 5.39. The van der Waals surface area contributed by atoms with Crippen LogP contribution in [0.5, 0.6) is 0 Å². The van der Waals surface area contributed by atoms with E-state index in [9.17, 15) is 18.0 Å². The van der Waals surface area contributed by atoms with Crippen molar-refractivity contribution in [2.45, 2.75) is 18.5 Å². The van der Waals surface area contributed by atoms with Gasteiger partial charge in [0, 0.05) is 5.92 Å². The molecular formula is C12H12F3NO. The minimum Gasteiger partial charge on any atom is -0.310 e. The van der Waals surface area contributed by atoms with Crippen LogP contribution in [0.3, 0.4) is 0 Å². The van der Waals surface area contributed by atoms with E-state index in [1.54, 1.807) is 0 Å². The van der Waals surface area contributed by atoms with Crippen LogP contribution in [0, 0.1) is 0 Å². The number of piperidine rings is 1. The molecule has 2 nitrogen and oxygen atoms in total. The molecule has 17 heavy (non-hydrogen) atoms. The highest BCUT2D eigenvalue weighted by Crippen LogP contribution is 2.31. The average Bonchev–Trinajstić information content (AvgIpc) is 2.29. The molecule has 1 aromatic rings. The third kappa shape index (κ3) is 2.66. The summed E-state index contributed by atoms with van der Waals surface area (Å²) in [5.74, 6) is -0.227. The van der Waals surface area contributed by atoms with Gasteiger partial charge in [-0.1, -0.05) is 12.1 Å². The number of ketones is 1. The Morgan fingerprint density at radius 3 is 2.35 bits per heavy atom. The van der Waals surface area contributed by atoms with Crippen molar-refractivity contribution in [3.63, 3.8) is 0 Å². The van der Waals surface area contributed by atoms with Crippen LogP contribution in [-0.2, 0) is 11.0 Å². The molecule has 1 heterocycles. The van der Waals surface area contributed by atoms with Crippen molar-refractivity contribution in [1.29, 1.82) is 0 Å². The van der Waals surface area contributed by atoms with E-state index in [2.05, 4.69) is 5.32 Å². The van der Waals surface area contributed by atoms with Gasteiger partial charge in [0.25, 0.3) is 0 Å². The van der Waals surface area contributed by atoms with Gasteiger partial charge in [0.2, 0.25) is 0 Å². The quantitative estimate of drug-likeness (QED) is 0.820. The number of hydrogen-bond acceptors (Lipinski definition) is 2. The Bertz CT molecular complexity index is 411. The Morgan fingerprint density at radius 1 is 1.18 bits per heavy atom. The van der Waals surface area contributed by atoms with E-state index >= 15 is 0 Å². The van der Waals surface area contributed by atoms with Gasteiger partial charge in [0.05, 0.1) is 12.1 Å². The number of carbonyl (C=O) groups excluding carboxylic acids is 1. The monoisotopic (exact) mass is 243 g/mol. The van der Waals surface area contributed by atoms with Crippen molar-refractivity contribution in [2.75, 3.05) is 13.1 Å². The van der Waals surface area contributed by atoms with Crippen LogP contribution in [0.1, 0.15) is 23.5 Å². The van der Waals surface area contributed by atoms with E-state index in [0.29, 0.717) is 18.5 Å². The van der Waals surface area contributed by atoms with E-state index in [-0.39, 0.29) is 11.7 Å². The minimum absolute atomic E-state index is 0.0380. The van der Waals surface area contributed by atoms with Crippen LogP contribution >= 0.6 is 0 Å². The van der Waals surface area contributed by atoms with E-state index in [1.165, 1.54) is 12.1 Å². The summed E-state index contributed by atoms with van der Waals surface area (Å²) in [5.41, 5.74) is -0.00728. The normalized spacial score (nSPS) is 21.6. The number of hydrogen-bond donors (Lipinski definition) is 1. The molecule has 1 N–H and O–H groups in total. The Hall–Kier alpha value is -1.36. The lowest BCUT2D eigenvalue weighted by atomic mass is 9.89. The van der Waals surface area contributed by atoms with Gasteiger partial charge in [-0.15, -0.1) is 0 Å². The maximum absolute atomic E-state index is 12.4. The van der Waals surface area contributed by atoms with Gasteiger partial charge in [0.1, 0.15) is 0 Å². The van der Waals surface area contributed by atoms with Gasteiger partial charge in [-0.25, -0.2) is 0 Å². The molecule has 0 saturated carbocycles. The average molecular weight is 243 g/mol. The van der Waals surface area contributed by atoms with Crippen LogP contribution < -0.4 is 5.32 Å². The molecule has 0 radical (unpaired) electrons. The molecule has 1 aromatic carbocycles. The van der Waals surface area contributed by atoms with Crippen LogP contribution in [0.2, 0.25) is 0 Å². The first-order chi connectivity index (χ1) is 7.98. The molecule has 1 atom stereocenters. The fourth-order valence-electron chi connectivity index (χ4n) is 2.00. The van der Waals surface area contributed by atoms with Crippen molar-refractivity contribution in [2.24, 2.45) is 0 Å². The highest BCUT2D eigenvalue weighted by atomic mass is 19.4. The SMILES string of the molecule is O=C1CNCCC1c1ccc(C(F)(F)F)cc1. The van der Waals surface area contributed by atoms with Gasteiger partial charge in [-0.05, 0) is 30.7 Å². The molecule has 92 valence electrons. The molecule has 1 aliphatic heterocycles. The summed E-state index contributed by atoms with van der Waals surface area (Å²) in [6.45, 7) is 1.02. The zero-order valence-electron chi connectivity index (χ0n) is 9.05. The van der Waals surface area contributed by atoms with Crippen LogP contribution in [0.4, 0.5) is 13.2 Å². The lowest BCUT2D eigenvalue weighted by Crippen LogP contribution is -2.35. The third-order valence-electron chi connectivity index (χ3n) is 2.94. The second-order valence-electron chi connectivity index (χ2n) is 4.10. The lowest BCUT2D eigenvalue weighted by molar-refractivity contribution is -0.137. The Kier molecular flexibility index (Phi) is 3.19. The molecule has 0 aromatic heterocycles. The summed E-state index contributed by atoms with van der Waals surface area (Å²) in [4.78, 5) is 11.6. The Balaban J connectivity index is 2.20. The smallest absolute Gasteiger partial charge is 0.310 e. The van der Waals surface area contributed by atoms with Gasteiger partial charge >= 0.3 is 6.18 Å². The van der Waals surface area contributed by atoms with Crippen LogP contribution in [0.25, 0.3) is 0 Å². The molecular weight excluding hydrogens is 231 g/mol. The Morgan fingerprint density at radius 2 is 1.82 bits per heavy atom. The van der Waals surface area contributed by atoms with E-state index < -0.39 is 11.7 Å². The molecule has 1 unspecified atom stereocenters. The predicted octanol–water partition coefficient (Wildman–Crippen LogP) is 2.35. The standard InChI is InChI=1S/C12H12F3NO/c13-12(14,15)9-3-1-8(2-4-9)10-5-6-16-7-11(10)17/h1-4,10,16H,5-7H2. The first kappa shape index (κ1) is 12.1. The van der Waals surface area contributed by atoms with Gasteiger partial charge < -0.3 is 5.32 Å². The minimum atomic E-state index is -4.32. The van der Waals surface area contributed by atoms with Crippen LogP contribution in [-0.4, -0.2) is 18.9 Å². The zero-order valence-corrected chi connectivity index (χ0v) is 9.05. The summed E-state index contributed by atoms with van der Waals surface area (Å²) in [5, 5.41) is 2.94. The highest BCUT2D eigenvalue weighted by molar-refractivity contribution is 5.88. The second kappa shape index (κ2) is 4.49. The van der Waals surface area contributed by atoms with E-state index in [1.807, 2.05) is 0 Å². The first-order valence-corrected chi connectivity index (χ1v) is 5.39. The largest absolute Gasteiger partial charge is 0.416 e. The molecule has 0 spiro atoms. The Labute approximate surface area is 96.8 Å². The van der Waals surface area contributed by atoms with Crippen molar-refractivity contribution >= 4 is 5.78 Å². The summed E-state index contributed by atoms with van der Waals surface area (Å²) >= 11 is 0. The number of alkyl halides is 3. The molecule has 1 saturated heterocycles. The fraction of sp³-hybridized carbons (Fsp3) is 0.417. The molecule has 2 rings (SSSR count). The third-order valence-corrected chi connectivity index (χ3v) is 2.94. The number of halogens is 3. The molecule has 1 aliphatic rings. The van der Waals surface area contributed by atoms with Gasteiger partial charge in [-0.3, -0.25) is 4.79 Å². The maximum Gasteiger partial charge on any atom is 0.416 e. The van der Waals surface area contributed by atoms with Crippen molar-refractivity contribution in [1.82, 2.24) is 5.32 Å². The highest BCUT2D eigenvalue weighted by Gasteiger charge is 2.31. The van der Waals surface area contributed by atoms with Crippen molar-refractivity contribution in [3.05, 3.63) is 35.4 Å². The zero-order chi connectivity index (χ0) is 12.5. The second-order valence-corrected chi connectivity index (χ2v) is 4.10. The van der Waals surface area contributed by atoms with Gasteiger partial charge in [-0.2, -0.15) is 13.2 Å². The summed E-state index contributed by atoms with van der Waals surface area (Å²) in [7, 11) is 0. The molecule has 0 amide bonds. The molecule has 1 fully saturated rings. The molecule has 5 heteroatoms. The topological polar surface area (TPSA) is 29.1 Å². The van der Waals surface area contributed by atoms with E-state index in [4.69, 9.17) is 0 Å². The maximum atomic E-state index is 12.4. The van der Waals surface area contributed by atoms with Gasteiger partial charge in [0.15, 0.2) is 5.78 Å². The molecule has 0 bridgehead atoms. The number of benzene rings is 1. The lowest BCUT2D eigenvalue weighted by Gasteiger charge is -2.22. The number of Topliss-reactive ketones (excluding diaryl/α,β-unsaturated/α-hetero) is 1. The molecule has 0 aliphatic carbocycles. The predicted molar refractivity (Wildman–Crippen MR) is 56.7 cm³/mol. The fourth-order valence-corrected chi connectivity index (χ4v) is 2.00. The van der Waals surface area contributed by atoms with Crippen molar-refractivity contribution in [3.8, 4) is 0 Å². The number of rotatable bonds is 1. The van der Waals surface area contributed by atoms with E-state index in [0.717, 1.165) is 18.7 Å². The summed E-state index contributed by atoms with van der Waals surface area (Å²) in [6, 6.07) is 4.86. The summed E-state index contributed by atoms with van der Waals surface area (Å²) < 4.78 is 37.1. The van der Waals surface area contributed by atoms with Crippen molar-refractivity contribution < 1.29 is 18.0 Å².